The molecule has 2 aliphatic heterocycles. The van der Waals surface area contributed by atoms with E-state index in [0.717, 1.165) is 55.2 Å². The summed E-state index contributed by atoms with van der Waals surface area (Å²) in [4.78, 5) is 11.7. The van der Waals surface area contributed by atoms with Crippen molar-refractivity contribution in [2.45, 2.75) is 24.3 Å². The van der Waals surface area contributed by atoms with E-state index in [1.54, 1.807) is 0 Å². The molecular weight excluding hydrogens is 296 g/mol. The van der Waals surface area contributed by atoms with Crippen LogP contribution in [-0.2, 0) is 11.3 Å². The average Bonchev–Trinajstić information content (AvgIpc) is 2.55. The molecule has 2 atom stereocenters. The van der Waals surface area contributed by atoms with E-state index in [4.69, 9.17) is 15.5 Å². The monoisotopic (exact) mass is 316 g/mol. The minimum absolute atomic E-state index is 0.573. The van der Waals surface area contributed by atoms with Gasteiger partial charge in [0.2, 0.25) is 0 Å². The maximum Gasteiger partial charge on any atom is 0.145 e. The lowest BCUT2D eigenvalue weighted by molar-refractivity contribution is 0.0343. The number of nitrogens with zero attached hydrogens (tertiary/aromatic N) is 3. The summed E-state index contributed by atoms with van der Waals surface area (Å²) in [6, 6.07) is 8.50. The fourth-order valence-electron chi connectivity index (χ4n) is 3.36. The predicted octanol–water partition coefficient (Wildman–Crippen LogP) is 1.92. The van der Waals surface area contributed by atoms with Gasteiger partial charge in [0.25, 0.3) is 0 Å². The molecule has 0 radical (unpaired) electrons. The molecule has 0 saturated carbocycles. The van der Waals surface area contributed by atoms with Crippen LogP contribution in [0.3, 0.4) is 0 Å². The number of aromatic nitrogens is 2. The van der Waals surface area contributed by atoms with Gasteiger partial charge < -0.3 is 10.5 Å². The summed E-state index contributed by atoms with van der Waals surface area (Å²) in [6.45, 7) is 3.59. The van der Waals surface area contributed by atoms with E-state index < -0.39 is 0 Å². The molecule has 1 aromatic carbocycles. The van der Waals surface area contributed by atoms with Crippen LogP contribution in [0.4, 0.5) is 5.82 Å². The van der Waals surface area contributed by atoms with Crippen LogP contribution in [0.15, 0.2) is 24.3 Å². The largest absolute Gasteiger partial charge is 0.383 e. The molecule has 2 N–H and O–H groups in total. The number of hydrogen-bond acceptors (Lipinski definition) is 6. The number of benzene rings is 1. The van der Waals surface area contributed by atoms with Crippen molar-refractivity contribution < 1.29 is 4.74 Å². The van der Waals surface area contributed by atoms with Crippen LogP contribution in [-0.4, -0.2) is 51.7 Å². The number of nitrogen functional groups attached to an aromatic ring is 1. The number of para-hydroxylation sites is 1. The summed E-state index contributed by atoms with van der Waals surface area (Å²) < 4.78 is 5.62. The summed E-state index contributed by atoms with van der Waals surface area (Å²) in [5.41, 5.74) is 7.03. The van der Waals surface area contributed by atoms with Gasteiger partial charge in [-0.2, -0.15) is 11.8 Å². The van der Waals surface area contributed by atoms with E-state index in [9.17, 15) is 0 Å². The van der Waals surface area contributed by atoms with Gasteiger partial charge in [-0.25, -0.2) is 9.97 Å². The molecule has 2 unspecified atom stereocenters. The average molecular weight is 316 g/mol. The third kappa shape index (κ3) is 2.66. The molecule has 0 spiro atoms. The maximum atomic E-state index is 6.10. The first kappa shape index (κ1) is 14.2. The van der Waals surface area contributed by atoms with E-state index in [2.05, 4.69) is 9.88 Å². The normalized spacial score (nSPS) is 26.0. The number of ether oxygens (including phenoxy) is 1. The predicted molar refractivity (Wildman–Crippen MR) is 89.8 cm³/mol. The Bertz CT molecular complexity index is 678. The smallest absolute Gasteiger partial charge is 0.145 e. The second kappa shape index (κ2) is 6.02. The molecule has 0 amide bonds. The SMILES string of the molecule is Nc1nc(CN2CCSC3COCCC32)nc2ccccc12. The van der Waals surface area contributed by atoms with Crippen LogP contribution >= 0.6 is 11.8 Å². The summed E-state index contributed by atoms with van der Waals surface area (Å²) in [7, 11) is 0. The van der Waals surface area contributed by atoms with E-state index in [-0.39, 0.29) is 0 Å². The molecule has 2 saturated heterocycles. The molecule has 2 fully saturated rings. The second-order valence-corrected chi connectivity index (χ2v) is 7.20. The van der Waals surface area contributed by atoms with E-state index in [1.165, 1.54) is 0 Å². The molecule has 0 aliphatic carbocycles. The fraction of sp³-hybridized carbons (Fsp3) is 0.500. The van der Waals surface area contributed by atoms with Gasteiger partial charge in [-0.1, -0.05) is 12.1 Å². The molecule has 22 heavy (non-hydrogen) atoms. The second-order valence-electron chi connectivity index (χ2n) is 5.85. The van der Waals surface area contributed by atoms with Gasteiger partial charge in [0.1, 0.15) is 11.6 Å². The van der Waals surface area contributed by atoms with Gasteiger partial charge in [0, 0.05) is 35.6 Å². The Morgan fingerprint density at radius 2 is 2.23 bits per heavy atom. The van der Waals surface area contributed by atoms with Gasteiger partial charge in [-0.05, 0) is 18.6 Å². The summed E-state index contributed by atoms with van der Waals surface area (Å²) >= 11 is 2.03. The summed E-state index contributed by atoms with van der Waals surface area (Å²) in [5.74, 6) is 2.55. The Morgan fingerprint density at radius 1 is 1.32 bits per heavy atom. The zero-order valence-electron chi connectivity index (χ0n) is 12.4. The molecule has 116 valence electrons. The minimum atomic E-state index is 0.573. The van der Waals surface area contributed by atoms with E-state index in [1.807, 2.05) is 36.0 Å². The van der Waals surface area contributed by atoms with Crippen LogP contribution in [0.5, 0.6) is 0 Å². The molecule has 0 bridgehead atoms. The van der Waals surface area contributed by atoms with Crippen LogP contribution < -0.4 is 5.73 Å². The topological polar surface area (TPSA) is 64.3 Å². The zero-order valence-corrected chi connectivity index (χ0v) is 13.3. The Hall–Kier alpha value is -1.37. The highest BCUT2D eigenvalue weighted by Crippen LogP contribution is 2.31. The lowest BCUT2D eigenvalue weighted by Crippen LogP contribution is -2.51. The van der Waals surface area contributed by atoms with Crippen LogP contribution in [0.25, 0.3) is 10.9 Å². The number of fused-ring (bicyclic) bond motifs is 2. The van der Waals surface area contributed by atoms with Crippen molar-refractivity contribution in [1.82, 2.24) is 14.9 Å². The molecule has 4 rings (SSSR count). The maximum absolute atomic E-state index is 6.10. The molecule has 5 nitrogen and oxygen atoms in total. The fourth-order valence-corrected chi connectivity index (χ4v) is 4.73. The van der Waals surface area contributed by atoms with E-state index >= 15 is 0 Å². The van der Waals surface area contributed by atoms with E-state index in [0.29, 0.717) is 17.1 Å². The Balaban J connectivity index is 1.59. The first-order valence-electron chi connectivity index (χ1n) is 7.76. The Kier molecular flexibility index (Phi) is 3.90. The van der Waals surface area contributed by atoms with Gasteiger partial charge >= 0.3 is 0 Å². The van der Waals surface area contributed by atoms with Crippen molar-refractivity contribution in [1.29, 1.82) is 0 Å². The highest BCUT2D eigenvalue weighted by molar-refractivity contribution is 8.00. The highest BCUT2D eigenvalue weighted by atomic mass is 32.2. The molecule has 2 aromatic rings. The first-order chi connectivity index (χ1) is 10.8. The zero-order chi connectivity index (χ0) is 14.9. The molecule has 1 aromatic heterocycles. The minimum Gasteiger partial charge on any atom is -0.383 e. The third-order valence-electron chi connectivity index (χ3n) is 4.47. The van der Waals surface area contributed by atoms with Crippen LogP contribution in [0.1, 0.15) is 12.2 Å². The quantitative estimate of drug-likeness (QED) is 0.913. The molecule has 6 heteroatoms. The van der Waals surface area contributed by atoms with Gasteiger partial charge in [0.05, 0.1) is 18.7 Å². The van der Waals surface area contributed by atoms with Crippen molar-refractivity contribution in [3.63, 3.8) is 0 Å². The lowest BCUT2D eigenvalue weighted by atomic mass is 10.1. The van der Waals surface area contributed by atoms with Crippen molar-refractivity contribution in [3.05, 3.63) is 30.1 Å². The van der Waals surface area contributed by atoms with Crippen molar-refractivity contribution in [2.75, 3.05) is 31.2 Å². The van der Waals surface area contributed by atoms with Crippen molar-refractivity contribution in [3.8, 4) is 0 Å². The van der Waals surface area contributed by atoms with Gasteiger partial charge in [0.15, 0.2) is 0 Å². The number of hydrogen-bond donors (Lipinski definition) is 1. The molecule has 3 heterocycles. The van der Waals surface area contributed by atoms with Gasteiger partial charge in [-0.3, -0.25) is 4.90 Å². The Labute approximate surface area is 134 Å². The van der Waals surface area contributed by atoms with Crippen LogP contribution in [0, 0.1) is 0 Å². The molecular formula is C16H20N4OS. The van der Waals surface area contributed by atoms with Crippen molar-refractivity contribution >= 4 is 28.5 Å². The lowest BCUT2D eigenvalue weighted by Gasteiger charge is -2.43. The summed E-state index contributed by atoms with van der Waals surface area (Å²) in [5, 5.41) is 1.52. The summed E-state index contributed by atoms with van der Waals surface area (Å²) in [6.07, 6.45) is 1.10. The molecule has 2 aliphatic rings. The number of nitrogens with two attached hydrogens (primary N) is 1. The number of anilines is 1. The standard InChI is InChI=1S/C16H20N4OS/c17-16-11-3-1-2-4-12(11)18-15(19-16)9-20-6-8-22-14-10-21-7-5-13(14)20/h1-4,13-14H,5-10H2,(H2,17,18,19). The Morgan fingerprint density at radius 3 is 3.18 bits per heavy atom. The van der Waals surface area contributed by atoms with Crippen LogP contribution in [0.2, 0.25) is 0 Å². The first-order valence-corrected chi connectivity index (χ1v) is 8.80. The third-order valence-corrected chi connectivity index (χ3v) is 5.77. The highest BCUT2D eigenvalue weighted by Gasteiger charge is 2.34. The van der Waals surface area contributed by atoms with Gasteiger partial charge in [-0.15, -0.1) is 0 Å². The number of rotatable bonds is 2. The number of thioether (sulfide) groups is 1. The van der Waals surface area contributed by atoms with Crippen molar-refractivity contribution in [2.24, 2.45) is 0 Å².